The number of likely N-dealkylation sites (N-methyl/N-ethyl adjacent to an activating group) is 1. The van der Waals surface area contributed by atoms with Crippen molar-refractivity contribution in [3.05, 3.63) is 35.9 Å². The first-order valence-electron chi connectivity index (χ1n) is 7.29. The molecule has 1 N–H and O–H groups in total. The molecule has 116 valence electrons. The van der Waals surface area contributed by atoms with Crippen LogP contribution in [0.25, 0.3) is 0 Å². The summed E-state index contributed by atoms with van der Waals surface area (Å²) in [5.74, 6) is -0.402. The number of amides is 1. The van der Waals surface area contributed by atoms with Gasteiger partial charge in [0.2, 0.25) is 5.91 Å². The molecule has 0 aliphatic rings. The lowest BCUT2D eigenvalue weighted by atomic mass is 10.1. The Bertz CT molecular complexity index is 448. The number of carbonyl (C=O) groups excluding carboxylic acids is 2. The van der Waals surface area contributed by atoms with Crippen molar-refractivity contribution in [2.45, 2.75) is 26.8 Å². The van der Waals surface area contributed by atoms with Gasteiger partial charge in [-0.3, -0.25) is 14.5 Å². The normalized spacial score (nSPS) is 12.0. The molecule has 0 aromatic heterocycles. The first-order chi connectivity index (χ1) is 10.1. The molecule has 1 aromatic carbocycles. The van der Waals surface area contributed by atoms with Crippen LogP contribution in [-0.2, 0) is 14.3 Å². The van der Waals surface area contributed by atoms with Crippen LogP contribution in [-0.4, -0.2) is 43.0 Å². The first-order valence-corrected chi connectivity index (χ1v) is 7.29. The lowest BCUT2D eigenvalue weighted by Crippen LogP contribution is -2.40. The predicted molar refractivity (Wildman–Crippen MR) is 81.7 cm³/mol. The predicted octanol–water partition coefficient (Wildman–Crippen LogP) is 1.75. The monoisotopic (exact) mass is 292 g/mol. The van der Waals surface area contributed by atoms with E-state index in [1.165, 1.54) is 0 Å². The zero-order chi connectivity index (χ0) is 15.7. The second-order valence-electron chi connectivity index (χ2n) is 4.81. The number of hydrogen-bond donors (Lipinski definition) is 1. The van der Waals surface area contributed by atoms with Gasteiger partial charge in [-0.05, 0) is 26.0 Å². The fourth-order valence-electron chi connectivity index (χ4n) is 1.98. The van der Waals surface area contributed by atoms with Crippen molar-refractivity contribution in [2.75, 3.05) is 26.2 Å². The molecular formula is C16H24N2O3. The van der Waals surface area contributed by atoms with Gasteiger partial charge >= 0.3 is 5.97 Å². The molecule has 0 spiro atoms. The minimum atomic E-state index is -0.303. The van der Waals surface area contributed by atoms with Crippen molar-refractivity contribution in [2.24, 2.45) is 0 Å². The van der Waals surface area contributed by atoms with Gasteiger partial charge in [-0.1, -0.05) is 37.3 Å². The Kier molecular flexibility index (Phi) is 7.46. The van der Waals surface area contributed by atoms with Gasteiger partial charge < -0.3 is 10.1 Å². The van der Waals surface area contributed by atoms with E-state index in [-0.39, 0.29) is 31.0 Å². The molecule has 0 heterocycles. The van der Waals surface area contributed by atoms with E-state index in [4.69, 9.17) is 4.74 Å². The van der Waals surface area contributed by atoms with E-state index in [9.17, 15) is 9.59 Å². The number of rotatable bonds is 8. The van der Waals surface area contributed by atoms with E-state index in [2.05, 4.69) is 5.32 Å². The maximum absolute atomic E-state index is 12.0. The van der Waals surface area contributed by atoms with E-state index in [1.54, 1.807) is 11.8 Å². The van der Waals surface area contributed by atoms with E-state index in [0.29, 0.717) is 13.2 Å². The summed E-state index contributed by atoms with van der Waals surface area (Å²) >= 11 is 0. The summed E-state index contributed by atoms with van der Waals surface area (Å²) in [6, 6.07) is 9.71. The number of nitrogens with zero attached hydrogens (tertiary/aromatic N) is 1. The van der Waals surface area contributed by atoms with Crippen molar-refractivity contribution in [3.8, 4) is 0 Å². The lowest BCUT2D eigenvalue weighted by Gasteiger charge is -2.20. The highest BCUT2D eigenvalue weighted by molar-refractivity contribution is 5.79. The molecule has 0 saturated carbocycles. The number of hydrogen-bond acceptors (Lipinski definition) is 4. The largest absolute Gasteiger partial charge is 0.465 e. The van der Waals surface area contributed by atoms with Gasteiger partial charge in [-0.25, -0.2) is 0 Å². The molecule has 1 atom stereocenters. The molecule has 21 heavy (non-hydrogen) atoms. The van der Waals surface area contributed by atoms with Gasteiger partial charge in [-0.2, -0.15) is 0 Å². The topological polar surface area (TPSA) is 58.6 Å². The number of ether oxygens (including phenoxy) is 1. The van der Waals surface area contributed by atoms with Crippen molar-refractivity contribution in [1.82, 2.24) is 10.2 Å². The Morgan fingerprint density at radius 2 is 1.86 bits per heavy atom. The number of benzene rings is 1. The summed E-state index contributed by atoms with van der Waals surface area (Å²) in [4.78, 5) is 25.2. The third-order valence-electron chi connectivity index (χ3n) is 3.15. The van der Waals surface area contributed by atoms with Gasteiger partial charge in [-0.15, -0.1) is 0 Å². The molecule has 0 bridgehead atoms. The van der Waals surface area contributed by atoms with Gasteiger partial charge in [0, 0.05) is 0 Å². The van der Waals surface area contributed by atoms with E-state index in [1.807, 2.05) is 44.2 Å². The maximum atomic E-state index is 12.0. The van der Waals surface area contributed by atoms with Crippen LogP contribution in [0.1, 0.15) is 32.4 Å². The SMILES string of the molecule is CCOC(=O)CN(CC)CC(=O)NC(C)c1ccccc1. The van der Waals surface area contributed by atoms with Crippen molar-refractivity contribution in [3.63, 3.8) is 0 Å². The summed E-state index contributed by atoms with van der Waals surface area (Å²) in [5, 5.41) is 2.93. The van der Waals surface area contributed by atoms with Crippen molar-refractivity contribution < 1.29 is 14.3 Å². The molecular weight excluding hydrogens is 268 g/mol. The third-order valence-corrected chi connectivity index (χ3v) is 3.15. The Labute approximate surface area is 126 Å². The van der Waals surface area contributed by atoms with Crippen molar-refractivity contribution >= 4 is 11.9 Å². The molecule has 1 amide bonds. The zero-order valence-corrected chi connectivity index (χ0v) is 13.0. The van der Waals surface area contributed by atoms with Gasteiger partial charge in [0.15, 0.2) is 0 Å². The van der Waals surface area contributed by atoms with Crippen LogP contribution in [0, 0.1) is 0 Å². The molecule has 0 radical (unpaired) electrons. The number of nitrogens with one attached hydrogen (secondary N) is 1. The van der Waals surface area contributed by atoms with Crippen LogP contribution in [0.5, 0.6) is 0 Å². The van der Waals surface area contributed by atoms with Crippen LogP contribution < -0.4 is 5.32 Å². The highest BCUT2D eigenvalue weighted by Crippen LogP contribution is 2.10. The first kappa shape index (κ1) is 17.2. The maximum Gasteiger partial charge on any atom is 0.320 e. The van der Waals surface area contributed by atoms with E-state index >= 15 is 0 Å². The van der Waals surface area contributed by atoms with Crippen LogP contribution in [0.2, 0.25) is 0 Å². The molecule has 1 aromatic rings. The second kappa shape index (κ2) is 9.13. The minimum absolute atomic E-state index is 0.0556. The van der Waals surface area contributed by atoms with Crippen LogP contribution in [0.15, 0.2) is 30.3 Å². The molecule has 1 unspecified atom stereocenters. The number of esters is 1. The summed E-state index contributed by atoms with van der Waals surface area (Å²) in [6.45, 7) is 6.91. The summed E-state index contributed by atoms with van der Waals surface area (Å²) in [7, 11) is 0. The third kappa shape index (κ3) is 6.40. The van der Waals surface area contributed by atoms with Gasteiger partial charge in [0.25, 0.3) is 0 Å². The standard InChI is InChI=1S/C16H24N2O3/c1-4-18(12-16(20)21-5-2)11-15(19)17-13(3)14-9-7-6-8-10-14/h6-10,13H,4-5,11-12H2,1-3H3,(H,17,19). The summed E-state index contributed by atoms with van der Waals surface area (Å²) in [6.07, 6.45) is 0. The highest BCUT2D eigenvalue weighted by atomic mass is 16.5. The van der Waals surface area contributed by atoms with E-state index in [0.717, 1.165) is 5.56 Å². The van der Waals surface area contributed by atoms with Crippen LogP contribution in [0.3, 0.4) is 0 Å². The molecule has 5 nitrogen and oxygen atoms in total. The highest BCUT2D eigenvalue weighted by Gasteiger charge is 2.15. The molecule has 1 rings (SSSR count). The Morgan fingerprint density at radius 3 is 2.43 bits per heavy atom. The van der Waals surface area contributed by atoms with E-state index < -0.39 is 0 Å². The summed E-state index contributed by atoms with van der Waals surface area (Å²) in [5.41, 5.74) is 1.05. The Morgan fingerprint density at radius 1 is 1.19 bits per heavy atom. The fraction of sp³-hybridized carbons (Fsp3) is 0.500. The molecule has 5 heteroatoms. The average molecular weight is 292 g/mol. The molecule has 0 aliphatic carbocycles. The quantitative estimate of drug-likeness (QED) is 0.742. The van der Waals surface area contributed by atoms with Gasteiger partial charge in [0.05, 0.1) is 25.7 Å². The van der Waals surface area contributed by atoms with Gasteiger partial charge in [0.1, 0.15) is 0 Å². The second-order valence-corrected chi connectivity index (χ2v) is 4.81. The zero-order valence-electron chi connectivity index (χ0n) is 13.0. The molecule has 0 fully saturated rings. The fourth-order valence-corrected chi connectivity index (χ4v) is 1.98. The Hall–Kier alpha value is -1.88. The average Bonchev–Trinajstić information content (AvgIpc) is 2.47. The molecule has 0 aliphatic heterocycles. The minimum Gasteiger partial charge on any atom is -0.465 e. The van der Waals surface area contributed by atoms with Crippen molar-refractivity contribution in [1.29, 1.82) is 0 Å². The summed E-state index contributed by atoms with van der Waals surface area (Å²) < 4.78 is 4.89. The number of carbonyl (C=O) groups is 2. The smallest absolute Gasteiger partial charge is 0.320 e. The molecule has 0 saturated heterocycles. The lowest BCUT2D eigenvalue weighted by molar-refractivity contribution is -0.144. The Balaban J connectivity index is 2.45. The van der Waals surface area contributed by atoms with Crippen LogP contribution in [0.4, 0.5) is 0 Å². The van der Waals surface area contributed by atoms with Crippen LogP contribution >= 0.6 is 0 Å².